The lowest BCUT2D eigenvalue weighted by Gasteiger charge is -2.11. The number of carbonyl (C=O) groups excluding carboxylic acids is 1. The number of hydrogen-bond donors (Lipinski definition) is 2. The molecule has 3 N–H and O–H groups in total. The van der Waals surface area contributed by atoms with Crippen LogP contribution >= 0.6 is 23.4 Å². The molecule has 0 aliphatic heterocycles. The largest absolute Gasteiger partial charge is 0.497 e. The van der Waals surface area contributed by atoms with Crippen LogP contribution in [0.15, 0.2) is 47.6 Å². The number of rotatable bonds is 7. The first-order chi connectivity index (χ1) is 13.5. The van der Waals surface area contributed by atoms with Crippen molar-refractivity contribution in [1.82, 2.24) is 14.9 Å². The molecule has 2 aromatic carbocycles. The van der Waals surface area contributed by atoms with Gasteiger partial charge in [-0.2, -0.15) is 0 Å². The van der Waals surface area contributed by atoms with Gasteiger partial charge in [0.2, 0.25) is 11.1 Å². The molecule has 0 bridgehead atoms. The zero-order chi connectivity index (χ0) is 20.1. The first kappa shape index (κ1) is 19.8. The van der Waals surface area contributed by atoms with Gasteiger partial charge in [-0.1, -0.05) is 35.5 Å². The normalized spacial score (nSPS) is 10.5. The van der Waals surface area contributed by atoms with E-state index in [0.717, 1.165) is 11.8 Å². The minimum atomic E-state index is -0.251. The maximum Gasteiger partial charge on any atom is 0.234 e. The molecule has 1 amide bonds. The summed E-state index contributed by atoms with van der Waals surface area (Å²) in [6, 6.07) is 12.3. The monoisotopic (exact) mass is 419 g/mol. The van der Waals surface area contributed by atoms with Gasteiger partial charge >= 0.3 is 0 Å². The highest BCUT2D eigenvalue weighted by Crippen LogP contribution is 2.30. The molecule has 0 saturated heterocycles. The van der Waals surface area contributed by atoms with E-state index in [4.69, 9.17) is 26.9 Å². The number of thioether (sulfide) groups is 1. The molecule has 1 aromatic heterocycles. The lowest BCUT2D eigenvalue weighted by molar-refractivity contribution is -0.113. The zero-order valence-corrected chi connectivity index (χ0v) is 16.8. The van der Waals surface area contributed by atoms with Gasteiger partial charge in [-0.25, -0.2) is 4.68 Å². The van der Waals surface area contributed by atoms with Crippen LogP contribution in [-0.4, -0.2) is 40.8 Å². The van der Waals surface area contributed by atoms with Gasteiger partial charge in [-0.05, 0) is 24.3 Å². The molecule has 0 fully saturated rings. The molecule has 0 aliphatic rings. The molecule has 28 heavy (non-hydrogen) atoms. The number of halogens is 1. The molecule has 0 spiro atoms. The highest BCUT2D eigenvalue weighted by atomic mass is 35.5. The lowest BCUT2D eigenvalue weighted by atomic mass is 10.2. The zero-order valence-electron chi connectivity index (χ0n) is 15.2. The molecule has 0 unspecified atom stereocenters. The molecule has 1 heterocycles. The second-order valence-electron chi connectivity index (χ2n) is 5.56. The number of methoxy groups -OCH3 is 2. The topological polar surface area (TPSA) is 104 Å². The van der Waals surface area contributed by atoms with Gasteiger partial charge in [0.15, 0.2) is 5.82 Å². The molecular weight excluding hydrogens is 402 g/mol. The Morgan fingerprint density at radius 2 is 2.00 bits per heavy atom. The van der Waals surface area contributed by atoms with Crippen LogP contribution in [0.2, 0.25) is 5.02 Å². The summed E-state index contributed by atoms with van der Waals surface area (Å²) < 4.78 is 11.7. The van der Waals surface area contributed by atoms with Crippen molar-refractivity contribution < 1.29 is 14.3 Å². The van der Waals surface area contributed by atoms with Crippen LogP contribution in [0.1, 0.15) is 0 Å². The quantitative estimate of drug-likeness (QED) is 0.448. The summed E-state index contributed by atoms with van der Waals surface area (Å²) in [7, 11) is 3.08. The highest BCUT2D eigenvalue weighted by molar-refractivity contribution is 7.99. The SMILES string of the molecule is COc1ccc(OC)c(NC(=O)CSc2nnc(-c3ccccc3Cl)n2N)c1. The molecule has 0 saturated carbocycles. The van der Waals surface area contributed by atoms with Gasteiger partial charge in [-0.3, -0.25) is 4.79 Å². The Balaban J connectivity index is 1.68. The van der Waals surface area contributed by atoms with Crippen molar-refractivity contribution in [3.63, 3.8) is 0 Å². The number of amides is 1. The number of benzene rings is 2. The van der Waals surface area contributed by atoms with E-state index in [9.17, 15) is 4.79 Å². The van der Waals surface area contributed by atoms with Crippen LogP contribution in [0.5, 0.6) is 11.5 Å². The van der Waals surface area contributed by atoms with Gasteiger partial charge in [0.05, 0.1) is 30.7 Å². The maximum atomic E-state index is 12.3. The van der Waals surface area contributed by atoms with E-state index < -0.39 is 0 Å². The third-order valence-corrected chi connectivity index (χ3v) is 5.07. The fraction of sp³-hybridized carbons (Fsp3) is 0.167. The fourth-order valence-corrected chi connectivity index (χ4v) is 3.31. The number of carbonyl (C=O) groups is 1. The van der Waals surface area contributed by atoms with Gasteiger partial charge in [0, 0.05) is 11.6 Å². The molecule has 10 heteroatoms. The standard InChI is InChI=1S/C18H18ClN5O3S/c1-26-11-7-8-15(27-2)14(9-11)21-16(25)10-28-18-23-22-17(24(18)20)12-5-3-4-6-13(12)19/h3-9H,10,20H2,1-2H3,(H,21,25). The summed E-state index contributed by atoms with van der Waals surface area (Å²) in [6.07, 6.45) is 0. The van der Waals surface area contributed by atoms with Crippen molar-refractivity contribution in [3.8, 4) is 22.9 Å². The number of nitrogens with one attached hydrogen (secondary N) is 1. The van der Waals surface area contributed by atoms with Crippen LogP contribution in [0, 0.1) is 0 Å². The van der Waals surface area contributed by atoms with E-state index in [1.54, 1.807) is 37.4 Å². The first-order valence-electron chi connectivity index (χ1n) is 8.13. The van der Waals surface area contributed by atoms with Crippen LogP contribution in [0.3, 0.4) is 0 Å². The maximum absolute atomic E-state index is 12.3. The number of aromatic nitrogens is 3. The van der Waals surface area contributed by atoms with Crippen molar-refractivity contribution >= 4 is 35.0 Å². The molecule has 3 aromatic rings. The summed E-state index contributed by atoms with van der Waals surface area (Å²) in [5.74, 6) is 7.46. The average molecular weight is 420 g/mol. The number of nitrogens with two attached hydrogens (primary N) is 1. The first-order valence-corrected chi connectivity index (χ1v) is 9.50. The number of nitrogens with zero attached hydrogens (tertiary/aromatic N) is 3. The lowest BCUT2D eigenvalue weighted by Crippen LogP contribution is -2.17. The molecule has 0 atom stereocenters. The van der Waals surface area contributed by atoms with Crippen LogP contribution in [0.4, 0.5) is 5.69 Å². The number of hydrogen-bond acceptors (Lipinski definition) is 7. The second kappa shape index (κ2) is 8.85. The van der Waals surface area contributed by atoms with E-state index >= 15 is 0 Å². The van der Waals surface area contributed by atoms with Gasteiger partial charge < -0.3 is 20.6 Å². The second-order valence-corrected chi connectivity index (χ2v) is 6.91. The summed E-state index contributed by atoms with van der Waals surface area (Å²) in [5, 5.41) is 11.8. The Morgan fingerprint density at radius 1 is 1.21 bits per heavy atom. The third kappa shape index (κ3) is 4.32. The van der Waals surface area contributed by atoms with Gasteiger partial charge in [0.1, 0.15) is 11.5 Å². The van der Waals surface area contributed by atoms with E-state index in [-0.39, 0.29) is 11.7 Å². The van der Waals surface area contributed by atoms with Gasteiger partial charge in [0.25, 0.3) is 0 Å². The van der Waals surface area contributed by atoms with Crippen molar-refractivity contribution in [3.05, 3.63) is 47.5 Å². The minimum Gasteiger partial charge on any atom is -0.497 e. The van der Waals surface area contributed by atoms with Crippen molar-refractivity contribution in [2.45, 2.75) is 5.16 Å². The Hall–Kier alpha value is -2.91. The number of nitrogen functional groups attached to an aromatic ring is 1. The smallest absolute Gasteiger partial charge is 0.234 e. The van der Waals surface area contributed by atoms with Crippen LogP contribution in [-0.2, 0) is 4.79 Å². The van der Waals surface area contributed by atoms with E-state index in [1.807, 2.05) is 12.1 Å². The number of ether oxygens (including phenoxy) is 2. The molecule has 0 radical (unpaired) electrons. The third-order valence-electron chi connectivity index (χ3n) is 3.79. The summed E-state index contributed by atoms with van der Waals surface area (Å²) in [5.41, 5.74) is 1.18. The Labute approximate surface area is 171 Å². The van der Waals surface area contributed by atoms with Gasteiger partial charge in [-0.15, -0.1) is 10.2 Å². The Kier molecular flexibility index (Phi) is 6.27. The predicted molar refractivity (Wildman–Crippen MR) is 110 cm³/mol. The molecule has 0 aliphatic carbocycles. The van der Waals surface area contributed by atoms with E-state index in [1.165, 1.54) is 11.8 Å². The summed E-state index contributed by atoms with van der Waals surface area (Å²) in [4.78, 5) is 12.3. The predicted octanol–water partition coefficient (Wildman–Crippen LogP) is 3.06. The molecule has 3 rings (SSSR count). The Bertz CT molecular complexity index is 995. The van der Waals surface area contributed by atoms with E-state index in [2.05, 4.69) is 15.5 Å². The fourth-order valence-electron chi connectivity index (χ4n) is 2.43. The average Bonchev–Trinajstić information content (AvgIpc) is 3.07. The van der Waals surface area contributed by atoms with Crippen LogP contribution in [0.25, 0.3) is 11.4 Å². The van der Waals surface area contributed by atoms with Crippen molar-refractivity contribution in [2.75, 3.05) is 31.1 Å². The Morgan fingerprint density at radius 3 is 2.71 bits per heavy atom. The van der Waals surface area contributed by atoms with Crippen molar-refractivity contribution in [2.24, 2.45) is 0 Å². The summed E-state index contributed by atoms with van der Waals surface area (Å²) >= 11 is 7.34. The van der Waals surface area contributed by atoms with Crippen molar-refractivity contribution in [1.29, 1.82) is 0 Å². The minimum absolute atomic E-state index is 0.0816. The molecule has 146 valence electrons. The molecular formula is C18H18ClN5O3S. The summed E-state index contributed by atoms with van der Waals surface area (Å²) in [6.45, 7) is 0. The highest BCUT2D eigenvalue weighted by Gasteiger charge is 2.16. The molecule has 8 nitrogen and oxygen atoms in total. The van der Waals surface area contributed by atoms with E-state index in [0.29, 0.717) is 38.8 Å². The number of anilines is 1. The van der Waals surface area contributed by atoms with Crippen LogP contribution < -0.4 is 20.6 Å².